The van der Waals surface area contributed by atoms with Crippen molar-refractivity contribution in [2.24, 2.45) is 5.92 Å². The van der Waals surface area contributed by atoms with Gasteiger partial charge in [-0.25, -0.2) is 0 Å². The number of rotatable bonds is 7. The van der Waals surface area contributed by atoms with Crippen LogP contribution in [0.15, 0.2) is 24.3 Å². The van der Waals surface area contributed by atoms with Gasteiger partial charge in [0.25, 0.3) is 0 Å². The molecule has 0 saturated heterocycles. The monoisotopic (exact) mass is 284 g/mol. The van der Waals surface area contributed by atoms with Gasteiger partial charge in [-0.2, -0.15) is 0 Å². The highest BCUT2D eigenvalue weighted by Crippen LogP contribution is 2.18. The number of ether oxygens (including phenoxy) is 2. The van der Waals surface area contributed by atoms with E-state index in [4.69, 9.17) is 21.1 Å². The summed E-state index contributed by atoms with van der Waals surface area (Å²) in [7, 11) is 1.68. The molecule has 0 radical (unpaired) electrons. The zero-order chi connectivity index (χ0) is 14.3. The van der Waals surface area contributed by atoms with Gasteiger partial charge in [0, 0.05) is 12.5 Å². The zero-order valence-electron chi connectivity index (χ0n) is 12.4. The maximum Gasteiger partial charge on any atom is 0.118 e. The molecule has 0 fully saturated rings. The minimum absolute atomic E-state index is 0.0724. The lowest BCUT2D eigenvalue weighted by Gasteiger charge is -2.21. The average molecular weight is 285 g/mol. The van der Waals surface area contributed by atoms with Gasteiger partial charge in [0.05, 0.1) is 12.7 Å². The van der Waals surface area contributed by atoms with Gasteiger partial charge in [-0.15, -0.1) is 11.6 Å². The van der Waals surface area contributed by atoms with Crippen molar-refractivity contribution in [3.05, 3.63) is 29.8 Å². The van der Waals surface area contributed by atoms with Crippen LogP contribution in [0.2, 0.25) is 0 Å². The van der Waals surface area contributed by atoms with Crippen LogP contribution in [0, 0.1) is 5.92 Å². The number of benzene rings is 1. The molecule has 0 aromatic heterocycles. The molecule has 0 saturated carbocycles. The van der Waals surface area contributed by atoms with Gasteiger partial charge in [0.2, 0.25) is 0 Å². The van der Waals surface area contributed by atoms with Gasteiger partial charge >= 0.3 is 0 Å². The second-order valence-corrected chi connectivity index (χ2v) is 6.13. The normalized spacial score (nSPS) is 13.3. The Hall–Kier alpha value is -0.730. The van der Waals surface area contributed by atoms with Gasteiger partial charge in [-0.3, -0.25) is 0 Å². The molecule has 3 heteroatoms. The fourth-order valence-electron chi connectivity index (χ4n) is 1.86. The molecule has 19 heavy (non-hydrogen) atoms. The van der Waals surface area contributed by atoms with Crippen molar-refractivity contribution in [1.29, 1.82) is 0 Å². The quantitative estimate of drug-likeness (QED) is 0.695. The molecular weight excluding hydrogens is 260 g/mol. The second-order valence-electron chi connectivity index (χ2n) is 5.82. The Morgan fingerprint density at radius 3 is 2.26 bits per heavy atom. The topological polar surface area (TPSA) is 18.5 Å². The minimum atomic E-state index is -0.0724. The fraction of sp³-hybridized carbons (Fsp3) is 0.625. The van der Waals surface area contributed by atoms with Crippen LogP contribution in [-0.4, -0.2) is 25.2 Å². The molecule has 0 aliphatic heterocycles. The average Bonchev–Trinajstić information content (AvgIpc) is 2.37. The van der Waals surface area contributed by atoms with Gasteiger partial charge < -0.3 is 9.47 Å². The van der Waals surface area contributed by atoms with E-state index in [1.165, 1.54) is 5.56 Å². The molecule has 1 rings (SSSR count). The summed E-state index contributed by atoms with van der Waals surface area (Å²) < 4.78 is 10.9. The summed E-state index contributed by atoms with van der Waals surface area (Å²) in [5.41, 5.74) is 1.22. The van der Waals surface area contributed by atoms with Crippen molar-refractivity contribution in [2.75, 3.05) is 19.6 Å². The maximum atomic E-state index is 6.05. The number of methoxy groups -OCH3 is 1. The first kappa shape index (κ1) is 16.3. The molecule has 108 valence electrons. The summed E-state index contributed by atoms with van der Waals surface area (Å²) in [6.45, 7) is 6.99. The van der Waals surface area contributed by atoms with Gasteiger partial charge in [0.1, 0.15) is 5.75 Å². The molecule has 1 aromatic rings. The Morgan fingerprint density at radius 2 is 1.79 bits per heavy atom. The van der Waals surface area contributed by atoms with Crippen LogP contribution in [-0.2, 0) is 11.2 Å². The fourth-order valence-corrected chi connectivity index (χ4v) is 2.12. The molecule has 1 aromatic carbocycles. The molecule has 0 N–H and O–H groups in total. The molecule has 0 heterocycles. The third kappa shape index (κ3) is 6.84. The predicted octanol–water partition coefficient (Wildman–Crippen LogP) is 4.30. The Balaban J connectivity index is 2.42. The van der Waals surface area contributed by atoms with Crippen molar-refractivity contribution in [3.63, 3.8) is 0 Å². The smallest absolute Gasteiger partial charge is 0.118 e. The van der Waals surface area contributed by atoms with E-state index in [2.05, 4.69) is 32.9 Å². The van der Waals surface area contributed by atoms with E-state index in [1.54, 1.807) is 7.11 Å². The third-order valence-electron chi connectivity index (χ3n) is 2.96. The highest BCUT2D eigenvalue weighted by molar-refractivity contribution is 6.18. The first-order valence-electron chi connectivity index (χ1n) is 6.77. The molecule has 1 unspecified atom stereocenters. The zero-order valence-corrected chi connectivity index (χ0v) is 13.2. The summed E-state index contributed by atoms with van der Waals surface area (Å²) >= 11 is 6.05. The van der Waals surface area contributed by atoms with Crippen LogP contribution in [0.5, 0.6) is 5.75 Å². The highest BCUT2D eigenvalue weighted by atomic mass is 35.5. The number of alkyl halides is 1. The van der Waals surface area contributed by atoms with Gasteiger partial charge in [-0.05, 0) is 57.2 Å². The van der Waals surface area contributed by atoms with Crippen LogP contribution in [0.4, 0.5) is 0 Å². The molecule has 0 aliphatic carbocycles. The van der Waals surface area contributed by atoms with Crippen LogP contribution in [0.3, 0.4) is 0 Å². The Bertz CT molecular complexity index is 354. The number of hydrogen-bond donors (Lipinski definition) is 0. The predicted molar refractivity (Wildman–Crippen MR) is 81.2 cm³/mol. The van der Waals surface area contributed by atoms with Crippen molar-refractivity contribution >= 4 is 11.6 Å². The van der Waals surface area contributed by atoms with E-state index in [0.717, 1.165) is 25.2 Å². The minimum Gasteiger partial charge on any atom is -0.497 e. The van der Waals surface area contributed by atoms with Gasteiger partial charge in [0.15, 0.2) is 0 Å². The SMILES string of the molecule is COc1ccc(CC(CCl)CCOC(C)(C)C)cc1. The lowest BCUT2D eigenvalue weighted by Crippen LogP contribution is -2.21. The van der Waals surface area contributed by atoms with Crippen molar-refractivity contribution < 1.29 is 9.47 Å². The van der Waals surface area contributed by atoms with E-state index in [9.17, 15) is 0 Å². The maximum absolute atomic E-state index is 6.05. The van der Waals surface area contributed by atoms with E-state index < -0.39 is 0 Å². The van der Waals surface area contributed by atoms with E-state index in [0.29, 0.717) is 11.8 Å². The van der Waals surface area contributed by atoms with Crippen LogP contribution in [0.1, 0.15) is 32.8 Å². The lowest BCUT2D eigenvalue weighted by molar-refractivity contribution is -0.00831. The van der Waals surface area contributed by atoms with E-state index in [1.807, 2.05) is 12.1 Å². The second kappa shape index (κ2) is 7.76. The third-order valence-corrected chi connectivity index (χ3v) is 3.40. The molecule has 0 aliphatic rings. The largest absolute Gasteiger partial charge is 0.497 e. The lowest BCUT2D eigenvalue weighted by atomic mass is 9.98. The van der Waals surface area contributed by atoms with Crippen LogP contribution < -0.4 is 4.74 Å². The molecular formula is C16H25ClO2. The Kier molecular flexibility index (Phi) is 6.67. The summed E-state index contributed by atoms with van der Waals surface area (Å²) in [5, 5.41) is 0. The first-order chi connectivity index (χ1) is 8.94. The Morgan fingerprint density at radius 1 is 1.16 bits per heavy atom. The van der Waals surface area contributed by atoms with E-state index >= 15 is 0 Å². The number of halogens is 1. The molecule has 1 atom stereocenters. The van der Waals surface area contributed by atoms with Crippen molar-refractivity contribution in [1.82, 2.24) is 0 Å². The molecule has 0 spiro atoms. The summed E-state index contributed by atoms with van der Waals surface area (Å²) in [5.74, 6) is 2.01. The van der Waals surface area contributed by atoms with Crippen LogP contribution >= 0.6 is 11.6 Å². The molecule has 2 nitrogen and oxygen atoms in total. The summed E-state index contributed by atoms with van der Waals surface area (Å²) in [6, 6.07) is 8.19. The first-order valence-corrected chi connectivity index (χ1v) is 7.31. The Labute approximate surface area is 122 Å². The van der Waals surface area contributed by atoms with Gasteiger partial charge in [-0.1, -0.05) is 12.1 Å². The van der Waals surface area contributed by atoms with Crippen LogP contribution in [0.25, 0.3) is 0 Å². The standard InChI is InChI=1S/C16H25ClO2/c1-16(2,3)19-10-9-14(12-17)11-13-5-7-15(18-4)8-6-13/h5-8,14H,9-12H2,1-4H3. The number of hydrogen-bond acceptors (Lipinski definition) is 2. The summed E-state index contributed by atoms with van der Waals surface area (Å²) in [4.78, 5) is 0. The van der Waals surface area contributed by atoms with Crippen molar-refractivity contribution in [2.45, 2.75) is 39.2 Å². The summed E-state index contributed by atoms with van der Waals surface area (Å²) in [6.07, 6.45) is 1.98. The highest BCUT2D eigenvalue weighted by Gasteiger charge is 2.13. The van der Waals surface area contributed by atoms with Crippen molar-refractivity contribution in [3.8, 4) is 5.75 Å². The molecule has 0 amide bonds. The van der Waals surface area contributed by atoms with E-state index in [-0.39, 0.29) is 5.60 Å². The molecule has 0 bridgehead atoms.